The first kappa shape index (κ1) is 26.2. The smallest absolute Gasteiger partial charge is 0.407 e. The molecular formula is C29H34N8O2. The molecule has 0 aliphatic heterocycles. The number of hydrogen-bond acceptors (Lipinski definition) is 7. The summed E-state index contributed by atoms with van der Waals surface area (Å²) in [6.45, 7) is 9.25. The first-order valence-corrected chi connectivity index (χ1v) is 13.1. The Labute approximate surface area is 228 Å². The molecule has 0 radical (unpaired) electrons. The first-order valence-electron chi connectivity index (χ1n) is 13.1. The highest BCUT2D eigenvalue weighted by Crippen LogP contribution is 2.46. The van der Waals surface area contributed by atoms with E-state index >= 15 is 0 Å². The van der Waals surface area contributed by atoms with Crippen LogP contribution in [0.25, 0.3) is 27.8 Å². The van der Waals surface area contributed by atoms with Crippen molar-refractivity contribution in [2.45, 2.75) is 33.3 Å². The second-order valence-corrected chi connectivity index (χ2v) is 11.4. The van der Waals surface area contributed by atoms with Gasteiger partial charge >= 0.3 is 6.09 Å². The van der Waals surface area contributed by atoms with Crippen molar-refractivity contribution in [1.29, 1.82) is 5.26 Å². The maximum atomic E-state index is 12.0. The number of fused-ring (bicyclic) bond motifs is 1. The minimum Gasteiger partial charge on any atom is -0.444 e. The third-order valence-corrected chi connectivity index (χ3v) is 7.35. The maximum Gasteiger partial charge on any atom is 0.407 e. The van der Waals surface area contributed by atoms with E-state index in [1.807, 2.05) is 71.8 Å². The molecule has 1 N–H and O–H groups in total. The summed E-state index contributed by atoms with van der Waals surface area (Å²) in [6, 6.07) is 8.36. The number of carbonyl (C=O) groups excluding carboxylic acids is 1. The molecule has 202 valence electrons. The van der Waals surface area contributed by atoms with Crippen LogP contribution >= 0.6 is 0 Å². The summed E-state index contributed by atoms with van der Waals surface area (Å²) in [4.78, 5) is 18.9. The number of amides is 1. The Kier molecular flexibility index (Phi) is 6.76. The van der Waals surface area contributed by atoms with Crippen LogP contribution in [0, 0.1) is 29.1 Å². The third kappa shape index (κ3) is 5.58. The van der Waals surface area contributed by atoms with E-state index in [4.69, 9.17) is 9.72 Å². The van der Waals surface area contributed by atoms with Gasteiger partial charge in [-0.2, -0.15) is 15.5 Å². The van der Waals surface area contributed by atoms with Gasteiger partial charge in [-0.15, -0.1) is 0 Å². The van der Waals surface area contributed by atoms with Crippen molar-refractivity contribution >= 4 is 17.4 Å². The fourth-order valence-corrected chi connectivity index (χ4v) is 5.12. The van der Waals surface area contributed by atoms with E-state index in [2.05, 4.69) is 39.5 Å². The molecule has 1 amide bonds. The third-order valence-electron chi connectivity index (χ3n) is 7.35. The Hall–Kier alpha value is -4.39. The van der Waals surface area contributed by atoms with Crippen LogP contribution in [0.5, 0.6) is 0 Å². The van der Waals surface area contributed by atoms with Gasteiger partial charge in [-0.3, -0.25) is 4.68 Å². The van der Waals surface area contributed by atoms with Gasteiger partial charge in [0.25, 0.3) is 0 Å². The molecule has 1 aliphatic carbocycles. The molecule has 0 saturated heterocycles. The van der Waals surface area contributed by atoms with Gasteiger partial charge in [0.15, 0.2) is 0 Å². The molecule has 39 heavy (non-hydrogen) atoms. The van der Waals surface area contributed by atoms with E-state index in [0.29, 0.717) is 29.9 Å². The van der Waals surface area contributed by atoms with Crippen LogP contribution in [0.15, 0.2) is 49.2 Å². The van der Waals surface area contributed by atoms with Crippen molar-refractivity contribution in [3.8, 4) is 28.3 Å². The zero-order valence-corrected chi connectivity index (χ0v) is 23.2. The number of carbonyl (C=O) groups is 1. The van der Waals surface area contributed by atoms with Crippen LogP contribution in [0.4, 0.5) is 10.6 Å². The van der Waals surface area contributed by atoms with Gasteiger partial charge in [-0.1, -0.05) is 6.92 Å². The molecule has 4 aromatic rings. The molecule has 10 nitrogen and oxygen atoms in total. The molecule has 1 fully saturated rings. The number of rotatable bonds is 7. The molecule has 1 saturated carbocycles. The molecule has 0 unspecified atom stereocenters. The average molecular weight is 527 g/mol. The van der Waals surface area contributed by atoms with Crippen LogP contribution in [0.3, 0.4) is 0 Å². The standard InChI is InChI=1S/C29H34N8O2/c1-18-24(14-32-28(38)39-29(2,3)4)25(18)17-35(5)26-8-7-19(11-31-26)23-9-20(22-13-33-36(6)15-22)16-37-27(23)21(10-30)12-34-37/h7-9,11-13,15-16,18,24-25H,14,17H2,1-6H3,(H,32,38)/t18-,24+,25+/m0/s1. The monoisotopic (exact) mass is 526 g/mol. The summed E-state index contributed by atoms with van der Waals surface area (Å²) in [5.74, 6) is 2.25. The van der Waals surface area contributed by atoms with Crippen molar-refractivity contribution in [2.24, 2.45) is 24.8 Å². The molecule has 1 aliphatic rings. The number of anilines is 1. The summed E-state index contributed by atoms with van der Waals surface area (Å²) in [7, 11) is 3.92. The molecule has 0 aromatic carbocycles. The summed E-state index contributed by atoms with van der Waals surface area (Å²) >= 11 is 0. The predicted molar refractivity (Wildman–Crippen MR) is 149 cm³/mol. The van der Waals surface area contributed by atoms with Crippen LogP contribution < -0.4 is 10.2 Å². The molecule has 0 bridgehead atoms. The lowest BCUT2D eigenvalue weighted by Crippen LogP contribution is -2.34. The Bertz CT molecular complexity index is 1540. The minimum atomic E-state index is -0.503. The van der Waals surface area contributed by atoms with E-state index in [1.54, 1.807) is 15.4 Å². The second kappa shape index (κ2) is 10.1. The Morgan fingerprint density at radius 1 is 1.13 bits per heavy atom. The highest BCUT2D eigenvalue weighted by atomic mass is 16.6. The van der Waals surface area contributed by atoms with Gasteiger partial charge in [-0.05, 0) is 56.7 Å². The molecule has 4 aromatic heterocycles. The summed E-state index contributed by atoms with van der Waals surface area (Å²) in [6.07, 6.45) is 8.74. The summed E-state index contributed by atoms with van der Waals surface area (Å²) in [5, 5.41) is 21.3. The van der Waals surface area contributed by atoms with Gasteiger partial charge in [-0.25, -0.2) is 14.3 Å². The SMILES string of the molecule is C[C@H]1[C@@H](CNC(=O)OC(C)(C)C)[C@@H]1CN(C)c1ccc(-c2cc(-c3cnn(C)c3)cn3ncc(C#N)c23)cn1. The zero-order chi connectivity index (χ0) is 27.9. The topological polar surface area (TPSA) is 113 Å². The number of alkyl carbamates (subject to hydrolysis) is 1. The number of hydrogen-bond donors (Lipinski definition) is 1. The van der Waals surface area contributed by atoms with Gasteiger partial charge in [0.2, 0.25) is 0 Å². The van der Waals surface area contributed by atoms with Gasteiger partial charge in [0, 0.05) is 68.0 Å². The lowest BCUT2D eigenvalue weighted by atomic mass is 10.0. The fraction of sp³-hybridized carbons (Fsp3) is 0.414. The van der Waals surface area contributed by atoms with E-state index < -0.39 is 5.60 Å². The van der Waals surface area contributed by atoms with Gasteiger partial charge < -0.3 is 15.0 Å². The van der Waals surface area contributed by atoms with Crippen LogP contribution in [0.2, 0.25) is 0 Å². The van der Waals surface area contributed by atoms with E-state index in [1.165, 1.54) is 0 Å². The van der Waals surface area contributed by atoms with E-state index in [-0.39, 0.29) is 6.09 Å². The molecule has 4 heterocycles. The van der Waals surface area contributed by atoms with Crippen LogP contribution in [0.1, 0.15) is 33.3 Å². The Balaban J connectivity index is 1.31. The Morgan fingerprint density at radius 3 is 2.56 bits per heavy atom. The number of nitrogens with zero attached hydrogens (tertiary/aromatic N) is 7. The molecule has 0 spiro atoms. The quantitative estimate of drug-likeness (QED) is 0.377. The number of aryl methyl sites for hydroxylation is 1. The number of nitrogens with one attached hydrogen (secondary N) is 1. The number of aromatic nitrogens is 5. The van der Waals surface area contributed by atoms with Crippen molar-refractivity contribution in [1.82, 2.24) is 29.7 Å². The minimum absolute atomic E-state index is 0.370. The number of pyridine rings is 2. The highest BCUT2D eigenvalue weighted by molar-refractivity contribution is 5.87. The van der Waals surface area contributed by atoms with Crippen molar-refractivity contribution in [2.75, 3.05) is 25.0 Å². The van der Waals surface area contributed by atoms with E-state index in [9.17, 15) is 10.1 Å². The largest absolute Gasteiger partial charge is 0.444 e. The lowest BCUT2D eigenvalue weighted by Gasteiger charge is -2.20. The summed E-state index contributed by atoms with van der Waals surface area (Å²) in [5.41, 5.74) is 4.46. The van der Waals surface area contributed by atoms with E-state index in [0.717, 1.165) is 40.1 Å². The zero-order valence-electron chi connectivity index (χ0n) is 23.2. The van der Waals surface area contributed by atoms with Crippen molar-refractivity contribution < 1.29 is 9.53 Å². The lowest BCUT2D eigenvalue weighted by molar-refractivity contribution is 0.0524. The number of ether oxygens (including phenoxy) is 1. The molecular weight excluding hydrogens is 492 g/mol. The predicted octanol–water partition coefficient (Wildman–Crippen LogP) is 4.51. The van der Waals surface area contributed by atoms with Crippen molar-refractivity contribution in [3.63, 3.8) is 0 Å². The molecule has 10 heteroatoms. The van der Waals surface area contributed by atoms with Crippen LogP contribution in [-0.4, -0.2) is 56.2 Å². The fourth-order valence-electron chi connectivity index (χ4n) is 5.12. The second-order valence-electron chi connectivity index (χ2n) is 11.4. The van der Waals surface area contributed by atoms with Crippen molar-refractivity contribution in [3.05, 3.63) is 54.7 Å². The van der Waals surface area contributed by atoms with Gasteiger partial charge in [0.05, 0.1) is 23.5 Å². The van der Waals surface area contributed by atoms with Crippen LogP contribution in [-0.2, 0) is 11.8 Å². The molecule has 3 atom stereocenters. The summed E-state index contributed by atoms with van der Waals surface area (Å²) < 4.78 is 8.86. The Morgan fingerprint density at radius 2 is 1.92 bits per heavy atom. The first-order chi connectivity index (χ1) is 18.5. The molecule has 5 rings (SSSR count). The number of nitriles is 1. The maximum absolute atomic E-state index is 12.0. The normalized spacial score (nSPS) is 18.5. The average Bonchev–Trinajstić information content (AvgIpc) is 3.21. The van der Waals surface area contributed by atoms with Gasteiger partial charge in [0.1, 0.15) is 17.5 Å². The highest BCUT2D eigenvalue weighted by Gasteiger charge is 2.47.